The number of carbonyl (C=O) groups is 1. The van der Waals surface area contributed by atoms with Gasteiger partial charge in [0.1, 0.15) is 17.9 Å². The number of hydrogen-bond donors (Lipinski definition) is 0. The standard InChI is InChI=1S/C11H10N2O4/c1-15-11(14)13-2-3-16-10-4-7-9(5-8(10)13)17-6-12-7/h4-6H,2-3H2,1H3. The zero-order valence-corrected chi connectivity index (χ0v) is 9.17. The van der Waals surface area contributed by atoms with E-state index in [-0.39, 0.29) is 0 Å². The number of anilines is 1. The molecule has 1 aliphatic heterocycles. The lowest BCUT2D eigenvalue weighted by atomic mass is 10.2. The van der Waals surface area contributed by atoms with Gasteiger partial charge < -0.3 is 13.9 Å². The van der Waals surface area contributed by atoms with E-state index in [9.17, 15) is 4.79 Å². The van der Waals surface area contributed by atoms with Gasteiger partial charge in [-0.2, -0.15) is 0 Å². The molecule has 1 aliphatic rings. The number of rotatable bonds is 0. The largest absolute Gasteiger partial charge is 0.489 e. The van der Waals surface area contributed by atoms with Gasteiger partial charge in [0, 0.05) is 12.1 Å². The number of oxazole rings is 1. The zero-order chi connectivity index (χ0) is 11.8. The maximum absolute atomic E-state index is 11.6. The van der Waals surface area contributed by atoms with Gasteiger partial charge in [-0.15, -0.1) is 0 Å². The second-order valence-corrected chi connectivity index (χ2v) is 3.61. The van der Waals surface area contributed by atoms with Crippen molar-refractivity contribution in [1.82, 2.24) is 4.98 Å². The summed E-state index contributed by atoms with van der Waals surface area (Å²) in [5.41, 5.74) is 1.96. The van der Waals surface area contributed by atoms with Gasteiger partial charge in [-0.3, -0.25) is 4.90 Å². The number of aromatic nitrogens is 1. The molecule has 0 unspecified atom stereocenters. The molecule has 2 aromatic rings. The third-order valence-corrected chi connectivity index (χ3v) is 2.67. The third kappa shape index (κ3) is 1.49. The van der Waals surface area contributed by atoms with Crippen molar-refractivity contribution in [3.05, 3.63) is 18.5 Å². The first-order valence-corrected chi connectivity index (χ1v) is 5.15. The molecule has 6 nitrogen and oxygen atoms in total. The van der Waals surface area contributed by atoms with Crippen LogP contribution in [0.5, 0.6) is 5.75 Å². The summed E-state index contributed by atoms with van der Waals surface area (Å²) in [4.78, 5) is 17.2. The van der Waals surface area contributed by atoms with E-state index in [1.54, 1.807) is 12.1 Å². The van der Waals surface area contributed by atoms with Crippen molar-refractivity contribution in [1.29, 1.82) is 0 Å². The predicted molar refractivity (Wildman–Crippen MR) is 59.3 cm³/mol. The summed E-state index contributed by atoms with van der Waals surface area (Å²) < 4.78 is 15.4. The number of methoxy groups -OCH3 is 1. The Morgan fingerprint density at radius 2 is 2.41 bits per heavy atom. The van der Waals surface area contributed by atoms with Gasteiger partial charge in [0.05, 0.1) is 19.3 Å². The Bertz CT molecular complexity index is 578. The second kappa shape index (κ2) is 3.65. The summed E-state index contributed by atoms with van der Waals surface area (Å²) in [7, 11) is 1.35. The van der Waals surface area contributed by atoms with E-state index in [1.165, 1.54) is 18.4 Å². The molecule has 3 rings (SSSR count). The van der Waals surface area contributed by atoms with Crippen LogP contribution in [0.4, 0.5) is 10.5 Å². The fraction of sp³-hybridized carbons (Fsp3) is 0.273. The van der Waals surface area contributed by atoms with Gasteiger partial charge in [0.25, 0.3) is 0 Å². The minimum absolute atomic E-state index is 0.409. The molecule has 0 fully saturated rings. The molecule has 0 atom stereocenters. The van der Waals surface area contributed by atoms with Gasteiger partial charge in [0.15, 0.2) is 12.0 Å². The van der Waals surface area contributed by atoms with E-state index in [2.05, 4.69) is 4.98 Å². The van der Waals surface area contributed by atoms with E-state index in [0.29, 0.717) is 35.7 Å². The first kappa shape index (κ1) is 9.95. The van der Waals surface area contributed by atoms with Crippen LogP contribution in [-0.2, 0) is 4.74 Å². The van der Waals surface area contributed by atoms with Crippen LogP contribution in [0.1, 0.15) is 0 Å². The molecule has 0 N–H and O–H groups in total. The fourth-order valence-corrected chi connectivity index (χ4v) is 1.87. The normalized spacial score (nSPS) is 14.3. The lowest BCUT2D eigenvalue weighted by molar-refractivity contribution is 0.174. The van der Waals surface area contributed by atoms with Crippen LogP contribution in [0.15, 0.2) is 22.9 Å². The van der Waals surface area contributed by atoms with Gasteiger partial charge in [-0.25, -0.2) is 9.78 Å². The highest BCUT2D eigenvalue weighted by Crippen LogP contribution is 2.35. The molecule has 1 amide bonds. The minimum atomic E-state index is -0.409. The number of amides is 1. The van der Waals surface area contributed by atoms with Crippen LogP contribution >= 0.6 is 0 Å². The molecule has 0 aliphatic carbocycles. The Labute approximate surface area is 96.7 Å². The van der Waals surface area contributed by atoms with Gasteiger partial charge in [-0.05, 0) is 0 Å². The number of ether oxygens (including phenoxy) is 2. The average Bonchev–Trinajstić information content (AvgIpc) is 2.81. The van der Waals surface area contributed by atoms with Crippen molar-refractivity contribution in [3.8, 4) is 5.75 Å². The first-order chi connectivity index (χ1) is 8.29. The third-order valence-electron chi connectivity index (χ3n) is 2.67. The molecule has 17 heavy (non-hydrogen) atoms. The smallest absolute Gasteiger partial charge is 0.414 e. The predicted octanol–water partition coefficient (Wildman–Crippen LogP) is 1.79. The molecule has 2 heterocycles. The first-order valence-electron chi connectivity index (χ1n) is 5.15. The Hall–Kier alpha value is -2.24. The molecule has 6 heteroatoms. The molecular weight excluding hydrogens is 224 g/mol. The summed E-state index contributed by atoms with van der Waals surface area (Å²) in [6.45, 7) is 0.894. The molecular formula is C11H10N2O4. The zero-order valence-electron chi connectivity index (χ0n) is 9.17. The SMILES string of the molecule is COC(=O)N1CCOc2cc3ncoc3cc21. The number of benzene rings is 1. The molecule has 0 radical (unpaired) electrons. The quantitative estimate of drug-likeness (QED) is 0.695. The summed E-state index contributed by atoms with van der Waals surface area (Å²) >= 11 is 0. The van der Waals surface area contributed by atoms with Crippen molar-refractivity contribution in [2.45, 2.75) is 0 Å². The van der Waals surface area contributed by atoms with E-state index >= 15 is 0 Å². The number of carbonyl (C=O) groups excluding carboxylic acids is 1. The fourth-order valence-electron chi connectivity index (χ4n) is 1.87. The van der Waals surface area contributed by atoms with Crippen molar-refractivity contribution in [2.24, 2.45) is 0 Å². The van der Waals surface area contributed by atoms with Gasteiger partial charge in [0.2, 0.25) is 0 Å². The molecule has 1 aromatic carbocycles. The van der Waals surface area contributed by atoms with Crippen LogP contribution in [-0.4, -0.2) is 31.3 Å². The highest BCUT2D eigenvalue weighted by atomic mass is 16.5. The average molecular weight is 234 g/mol. The van der Waals surface area contributed by atoms with Crippen molar-refractivity contribution in [2.75, 3.05) is 25.2 Å². The topological polar surface area (TPSA) is 64.8 Å². The summed E-state index contributed by atoms with van der Waals surface area (Å²) in [5, 5.41) is 0. The van der Waals surface area contributed by atoms with Crippen molar-refractivity contribution >= 4 is 22.9 Å². The van der Waals surface area contributed by atoms with Crippen LogP contribution in [0, 0.1) is 0 Å². The molecule has 88 valence electrons. The maximum Gasteiger partial charge on any atom is 0.414 e. The Kier molecular flexibility index (Phi) is 2.14. The van der Waals surface area contributed by atoms with Crippen molar-refractivity contribution < 1.29 is 18.7 Å². The van der Waals surface area contributed by atoms with Gasteiger partial charge in [-0.1, -0.05) is 0 Å². The van der Waals surface area contributed by atoms with Crippen LogP contribution < -0.4 is 9.64 Å². The number of hydrogen-bond acceptors (Lipinski definition) is 5. The lowest BCUT2D eigenvalue weighted by Gasteiger charge is -2.27. The summed E-state index contributed by atoms with van der Waals surface area (Å²) in [6, 6.07) is 3.48. The second-order valence-electron chi connectivity index (χ2n) is 3.61. The van der Waals surface area contributed by atoms with E-state index in [1.807, 2.05) is 0 Å². The highest BCUT2D eigenvalue weighted by molar-refractivity contribution is 5.93. The van der Waals surface area contributed by atoms with E-state index in [0.717, 1.165) is 0 Å². The van der Waals surface area contributed by atoms with Crippen LogP contribution in [0.2, 0.25) is 0 Å². The highest BCUT2D eigenvalue weighted by Gasteiger charge is 2.25. The Morgan fingerprint density at radius 3 is 3.24 bits per heavy atom. The lowest BCUT2D eigenvalue weighted by Crippen LogP contribution is -2.37. The maximum atomic E-state index is 11.6. The van der Waals surface area contributed by atoms with Crippen LogP contribution in [0.3, 0.4) is 0 Å². The Balaban J connectivity index is 2.14. The molecule has 0 saturated carbocycles. The Morgan fingerprint density at radius 1 is 1.53 bits per heavy atom. The summed E-state index contributed by atoms with van der Waals surface area (Å²) in [6.07, 6.45) is 0.951. The van der Waals surface area contributed by atoms with E-state index < -0.39 is 6.09 Å². The number of fused-ring (bicyclic) bond motifs is 2. The van der Waals surface area contributed by atoms with Gasteiger partial charge >= 0.3 is 6.09 Å². The molecule has 1 aromatic heterocycles. The summed E-state index contributed by atoms with van der Waals surface area (Å²) in [5.74, 6) is 0.614. The minimum Gasteiger partial charge on any atom is -0.489 e. The van der Waals surface area contributed by atoms with E-state index in [4.69, 9.17) is 13.9 Å². The van der Waals surface area contributed by atoms with Crippen molar-refractivity contribution in [3.63, 3.8) is 0 Å². The molecule has 0 bridgehead atoms. The van der Waals surface area contributed by atoms with Crippen LogP contribution in [0.25, 0.3) is 11.1 Å². The number of nitrogens with zero attached hydrogens (tertiary/aromatic N) is 2. The molecule has 0 saturated heterocycles. The molecule has 0 spiro atoms. The monoisotopic (exact) mass is 234 g/mol.